The van der Waals surface area contributed by atoms with Gasteiger partial charge in [-0.25, -0.2) is 0 Å². The molecule has 4 N–H and O–H groups in total. The molecule has 14 rings (SSSR count). The van der Waals surface area contributed by atoms with Gasteiger partial charge in [0.15, 0.2) is 0 Å². The molecule has 14 atom stereocenters. The van der Waals surface area contributed by atoms with E-state index in [9.17, 15) is 65.9 Å². The minimum atomic E-state index is -4.73. The van der Waals surface area contributed by atoms with Gasteiger partial charge in [0, 0.05) is 126 Å². The number of halogens is 6. The number of aromatic nitrogens is 4. The summed E-state index contributed by atoms with van der Waals surface area (Å²) in [6, 6.07) is 19.7. The summed E-state index contributed by atoms with van der Waals surface area (Å²) >= 11 is 0. The summed E-state index contributed by atoms with van der Waals surface area (Å²) in [6.45, 7) is 37.8. The van der Waals surface area contributed by atoms with Gasteiger partial charge in [-0.05, 0) is 92.9 Å². The molecule has 4 amide bonds. The molecule has 34 heteroatoms. The molecule has 656 valence electrons. The number of amides is 4. The Morgan fingerprint density at radius 3 is 0.850 bits per heavy atom. The number of aliphatic hydroxyl groups is 4. The molecule has 4 saturated heterocycles. The summed E-state index contributed by atoms with van der Waals surface area (Å²) in [5.74, 6) is -1.17. The Bertz CT molecular complexity index is 4380. The number of carbonyl (C=O) groups excluding carboxylic acids is 4. The molecule has 2 aromatic carbocycles. The van der Waals surface area contributed by atoms with Crippen LogP contribution in [0.2, 0.25) is 0 Å². The predicted molar refractivity (Wildman–Crippen MR) is 431 cm³/mol. The average molecular weight is 1680 g/mol. The normalized spacial score (nSPS) is 26.2. The van der Waals surface area contributed by atoms with Crippen LogP contribution in [0, 0.1) is 51.4 Å². The summed E-state index contributed by atoms with van der Waals surface area (Å²) in [4.78, 5) is 70.6. The van der Waals surface area contributed by atoms with Gasteiger partial charge in [-0.3, -0.25) is 29.2 Å². The number of aliphatic hydroxyl groups excluding tert-OH is 4. The van der Waals surface area contributed by atoms with Crippen molar-refractivity contribution in [3.63, 3.8) is 0 Å². The van der Waals surface area contributed by atoms with Crippen molar-refractivity contribution in [2.75, 3.05) is 39.3 Å². The minimum Gasteiger partial charge on any atom is -0.391 e. The molecule has 4 aromatic heterocycles. The lowest BCUT2D eigenvalue weighted by molar-refractivity contribution is -0.276. The standard InChI is InChI=1S/2C23H26F3N3O4.2C20H32N4O3/c2*1-13(2)20(19-9-14(3)27-32-19)21(31)29-12-16(30)10-18(29)17-11-22(33-28-17,23(24,25)26)15-7-5-4-6-8-15;2*1-7-24-20(5,6)10-15(21-24)16-9-14(25)11-23(16)19(26)18(12(2)3)17-8-13(4)22-27-17/h2*4-9,13,16,18,20,30H,10-12H2,1-3H3;2*8,12,14,16,18,25H,7,9-11H2,1-6H3/t16-,18+,20+,22+;16-,18+,20+,22-;14-,16+,18?;14-,16+,18-/m1111/s1. The molecule has 1 unspecified atom stereocenters. The van der Waals surface area contributed by atoms with E-state index in [2.05, 4.69) is 82.5 Å². The van der Waals surface area contributed by atoms with E-state index >= 15 is 0 Å². The van der Waals surface area contributed by atoms with Crippen LogP contribution in [-0.2, 0) is 40.1 Å². The first-order chi connectivity index (χ1) is 56.3. The van der Waals surface area contributed by atoms with Crippen LogP contribution in [0.1, 0.15) is 229 Å². The van der Waals surface area contributed by atoms with E-state index in [4.69, 9.17) is 38.0 Å². The number of likely N-dealkylation sites (tertiary alicyclic amines) is 4. The Hall–Kier alpha value is -9.54. The maximum Gasteiger partial charge on any atom is 0.435 e. The molecule has 0 radical (unpaired) electrons. The highest BCUT2D eigenvalue weighted by molar-refractivity contribution is 5.99. The van der Waals surface area contributed by atoms with E-state index in [0.29, 0.717) is 60.4 Å². The quantitative estimate of drug-likeness (QED) is 0.0516. The molecular formula is C86H116F6N14O14. The minimum absolute atomic E-state index is 0.0107. The lowest BCUT2D eigenvalue weighted by atomic mass is 9.85. The lowest BCUT2D eigenvalue weighted by Gasteiger charge is -2.31. The number of oxime groups is 2. The number of hydrazone groups is 2. The molecular weight excluding hydrogens is 1570 g/mol. The number of nitrogens with zero attached hydrogens (tertiary/aromatic N) is 14. The zero-order valence-corrected chi connectivity index (χ0v) is 71.6. The Balaban J connectivity index is 0.000000157. The highest BCUT2D eigenvalue weighted by Gasteiger charge is 2.65. The number of β-amino-alcohol motifs (C(OH)–C–C–N with tert-alkyl or cyclic N) is 4. The lowest BCUT2D eigenvalue weighted by Crippen LogP contribution is -2.47. The van der Waals surface area contributed by atoms with Gasteiger partial charge < -0.3 is 67.8 Å². The van der Waals surface area contributed by atoms with Crippen LogP contribution in [0.15, 0.2) is 124 Å². The van der Waals surface area contributed by atoms with Crippen molar-refractivity contribution in [2.24, 2.45) is 44.2 Å². The summed E-state index contributed by atoms with van der Waals surface area (Å²) in [5.41, 5.74) is -0.617. The zero-order chi connectivity index (χ0) is 87.8. The Morgan fingerprint density at radius 2 is 0.650 bits per heavy atom. The number of benzene rings is 2. The zero-order valence-electron chi connectivity index (χ0n) is 71.6. The van der Waals surface area contributed by atoms with E-state index in [1.165, 1.54) is 58.3 Å². The topological polar surface area (TPSA) is 341 Å². The highest BCUT2D eigenvalue weighted by Crippen LogP contribution is 2.52. The third kappa shape index (κ3) is 19.0. The molecule has 8 aliphatic heterocycles. The predicted octanol–water partition coefficient (Wildman–Crippen LogP) is 12.9. The maximum absolute atomic E-state index is 14.2. The molecule has 0 aliphatic carbocycles. The number of aryl methyl sites for hydroxylation is 4. The Kier molecular flexibility index (Phi) is 27.6. The molecule has 0 saturated carbocycles. The maximum atomic E-state index is 14.2. The van der Waals surface area contributed by atoms with E-state index in [-0.39, 0.29) is 119 Å². The third-order valence-electron chi connectivity index (χ3n) is 23.9. The highest BCUT2D eigenvalue weighted by atomic mass is 19.4. The first kappa shape index (κ1) is 91.2. The van der Waals surface area contributed by atoms with Crippen LogP contribution < -0.4 is 0 Å². The summed E-state index contributed by atoms with van der Waals surface area (Å²) in [7, 11) is 0. The average Bonchev–Trinajstić information content (AvgIpc) is 1.59. The van der Waals surface area contributed by atoms with Crippen LogP contribution in [0.4, 0.5) is 26.3 Å². The van der Waals surface area contributed by atoms with Crippen molar-refractivity contribution in [1.82, 2.24) is 50.2 Å². The second-order valence-electron chi connectivity index (χ2n) is 35.6. The summed E-state index contributed by atoms with van der Waals surface area (Å²) < 4.78 is 107. The van der Waals surface area contributed by atoms with Gasteiger partial charge in [-0.2, -0.15) is 36.5 Å². The van der Waals surface area contributed by atoms with Crippen LogP contribution >= 0.6 is 0 Å². The number of carbonyl (C=O) groups is 4. The molecule has 4 fully saturated rings. The fourth-order valence-electron chi connectivity index (χ4n) is 18.0. The number of alkyl halides is 6. The second kappa shape index (κ2) is 36.3. The van der Waals surface area contributed by atoms with Gasteiger partial charge in [-0.1, -0.05) is 147 Å². The van der Waals surface area contributed by atoms with Gasteiger partial charge in [0.1, 0.15) is 46.7 Å². The first-order valence-electron chi connectivity index (χ1n) is 41.5. The summed E-state index contributed by atoms with van der Waals surface area (Å²) in [6.07, 6.45) is -10.6. The van der Waals surface area contributed by atoms with Crippen LogP contribution in [0.5, 0.6) is 0 Å². The van der Waals surface area contributed by atoms with E-state index in [1.807, 2.05) is 81.4 Å². The fourth-order valence-corrected chi connectivity index (χ4v) is 18.0. The van der Waals surface area contributed by atoms with Gasteiger partial charge >= 0.3 is 12.4 Å². The molecule has 0 spiro atoms. The molecule has 120 heavy (non-hydrogen) atoms. The van der Waals surface area contributed by atoms with E-state index in [1.54, 1.807) is 47.9 Å². The molecule has 12 heterocycles. The van der Waals surface area contributed by atoms with E-state index < -0.39 is 96.6 Å². The van der Waals surface area contributed by atoms with Crippen LogP contribution in [0.3, 0.4) is 0 Å². The smallest absolute Gasteiger partial charge is 0.391 e. The molecule has 28 nitrogen and oxygen atoms in total. The van der Waals surface area contributed by atoms with Gasteiger partial charge in [0.2, 0.25) is 23.6 Å². The number of hydrogen-bond donors (Lipinski definition) is 4. The monoisotopic (exact) mass is 1680 g/mol. The van der Waals surface area contributed by atoms with Crippen molar-refractivity contribution in [1.29, 1.82) is 0 Å². The van der Waals surface area contributed by atoms with Crippen molar-refractivity contribution < 1.29 is 93.7 Å². The van der Waals surface area contributed by atoms with Crippen molar-refractivity contribution in [2.45, 2.75) is 283 Å². The molecule has 6 aromatic rings. The third-order valence-corrected chi connectivity index (χ3v) is 23.9. The number of hydrogen-bond acceptors (Lipinski definition) is 24. The van der Waals surface area contributed by atoms with Gasteiger partial charge in [-0.15, -0.1) is 0 Å². The van der Waals surface area contributed by atoms with E-state index in [0.717, 1.165) is 48.7 Å². The SMILES string of the molecule is CCN1N=C([C@@H]2C[C@@H](O)CN2C(=O)C(c2cc(C)no2)C(C)C)CC1(C)C.CCN1N=C([C@@H]2C[C@@H](O)CN2C(=O)[C@@H](c2cc(C)no2)C(C)C)CC1(C)C.Cc1cc([C@@H](C(=O)N2C[C@H](O)C[C@H]2C2=NO[C@@](c3ccccc3)(C(F)(F)F)C2)C(C)C)on1.Cc1cc([C@@H](C(=O)N2C[C@H](O)C[C@H]2C2=NO[C@](c3ccccc3)(C(F)(F)F)C2)C(C)C)on1. The first-order valence-corrected chi connectivity index (χ1v) is 41.5. The van der Waals surface area contributed by atoms with Crippen molar-refractivity contribution >= 4 is 46.5 Å². The largest absolute Gasteiger partial charge is 0.435 e. The van der Waals surface area contributed by atoms with Crippen molar-refractivity contribution in [3.8, 4) is 0 Å². The molecule has 0 bridgehead atoms. The summed E-state index contributed by atoms with van der Waals surface area (Å²) in [5, 5.41) is 78.3. The van der Waals surface area contributed by atoms with Crippen LogP contribution in [0.25, 0.3) is 0 Å². The molecule has 8 aliphatic rings. The Morgan fingerprint density at radius 1 is 0.408 bits per heavy atom. The van der Waals surface area contributed by atoms with Crippen molar-refractivity contribution in [3.05, 3.63) is 142 Å². The van der Waals surface area contributed by atoms with Crippen LogP contribution in [-0.4, -0.2) is 228 Å². The second-order valence-corrected chi connectivity index (χ2v) is 35.6. The Labute approximate surface area is 695 Å². The van der Waals surface area contributed by atoms with Gasteiger partial charge in [0.05, 0.1) is 105 Å². The van der Waals surface area contributed by atoms with Gasteiger partial charge in [0.25, 0.3) is 11.2 Å². The fraction of sp³-hybridized carbons (Fsp3) is 0.628. The number of rotatable bonds is 20.